The lowest BCUT2D eigenvalue weighted by atomic mass is 10.1. The second kappa shape index (κ2) is 6.84. The predicted molar refractivity (Wildman–Crippen MR) is 102 cm³/mol. The van der Waals surface area contributed by atoms with Gasteiger partial charge < -0.3 is 9.47 Å². The number of fused-ring (bicyclic) bond motifs is 1. The number of hydrogen-bond acceptors (Lipinski definition) is 6. The normalized spacial score (nSPS) is 13.1. The lowest BCUT2D eigenvalue weighted by Crippen LogP contribution is -2.13. The van der Waals surface area contributed by atoms with Crippen LogP contribution in [0.3, 0.4) is 0 Å². The molecule has 0 spiro atoms. The van der Waals surface area contributed by atoms with Gasteiger partial charge in [0.1, 0.15) is 11.5 Å². The molecule has 0 bridgehead atoms. The van der Waals surface area contributed by atoms with Crippen molar-refractivity contribution >= 4 is 17.5 Å². The molecule has 0 unspecified atom stereocenters. The van der Waals surface area contributed by atoms with E-state index in [-0.39, 0.29) is 0 Å². The fraction of sp³-hybridized carbons (Fsp3) is 0.211. The molecular formula is C19H18N4O2S. The van der Waals surface area contributed by atoms with Crippen LogP contribution in [0.5, 0.6) is 11.5 Å². The van der Waals surface area contributed by atoms with Crippen LogP contribution in [-0.2, 0) is 0 Å². The first-order valence-electron chi connectivity index (χ1n) is 8.15. The van der Waals surface area contributed by atoms with E-state index in [9.17, 15) is 0 Å². The zero-order chi connectivity index (χ0) is 18.1. The van der Waals surface area contributed by atoms with Gasteiger partial charge in [-0.25, -0.2) is 0 Å². The summed E-state index contributed by atoms with van der Waals surface area (Å²) in [6.07, 6.45) is 0. The molecule has 6 nitrogen and oxygen atoms in total. The van der Waals surface area contributed by atoms with Gasteiger partial charge in [0, 0.05) is 11.8 Å². The predicted octanol–water partition coefficient (Wildman–Crippen LogP) is 3.63. The van der Waals surface area contributed by atoms with Crippen LogP contribution in [0, 0.1) is 6.92 Å². The molecule has 0 N–H and O–H groups in total. The fourth-order valence-corrected chi connectivity index (χ4v) is 3.60. The van der Waals surface area contributed by atoms with E-state index >= 15 is 0 Å². The van der Waals surface area contributed by atoms with E-state index in [0.29, 0.717) is 11.6 Å². The summed E-state index contributed by atoms with van der Waals surface area (Å²) in [6, 6.07) is 14.0. The van der Waals surface area contributed by atoms with Gasteiger partial charge in [-0.3, -0.25) is 0 Å². The average molecular weight is 366 g/mol. The molecule has 4 rings (SSSR count). The number of rotatable bonds is 4. The zero-order valence-electron chi connectivity index (χ0n) is 14.8. The standard InChI is InChI=1S/C19H18N4O2S/c1-12-4-6-13(7-5-12)16-11-26-19-21-20-18(23(19)22-16)15-9-8-14(24-2)10-17(15)25-3/h4-10H,11H2,1-3H3. The van der Waals surface area contributed by atoms with E-state index in [1.807, 2.05) is 18.2 Å². The van der Waals surface area contributed by atoms with Crippen LogP contribution >= 0.6 is 11.8 Å². The number of ether oxygens (including phenoxy) is 2. The highest BCUT2D eigenvalue weighted by Crippen LogP contribution is 2.35. The van der Waals surface area contributed by atoms with Gasteiger partial charge in [-0.05, 0) is 24.6 Å². The molecule has 0 atom stereocenters. The first-order chi connectivity index (χ1) is 12.7. The Balaban J connectivity index is 1.79. The van der Waals surface area contributed by atoms with Gasteiger partial charge in [-0.15, -0.1) is 10.2 Å². The average Bonchev–Trinajstić information content (AvgIpc) is 3.11. The second-order valence-electron chi connectivity index (χ2n) is 5.89. The Morgan fingerprint density at radius 2 is 1.81 bits per heavy atom. The molecule has 132 valence electrons. The number of nitrogens with zero attached hydrogens (tertiary/aromatic N) is 4. The largest absolute Gasteiger partial charge is 0.497 e. The Morgan fingerprint density at radius 3 is 2.54 bits per heavy atom. The summed E-state index contributed by atoms with van der Waals surface area (Å²) in [7, 11) is 3.25. The van der Waals surface area contributed by atoms with E-state index in [1.54, 1.807) is 30.7 Å². The van der Waals surface area contributed by atoms with Crippen molar-refractivity contribution in [2.24, 2.45) is 5.10 Å². The van der Waals surface area contributed by atoms with E-state index in [4.69, 9.17) is 14.6 Å². The Bertz CT molecular complexity index is 980. The van der Waals surface area contributed by atoms with Crippen molar-refractivity contribution in [2.75, 3.05) is 20.0 Å². The summed E-state index contributed by atoms with van der Waals surface area (Å²) in [5, 5.41) is 14.2. The summed E-state index contributed by atoms with van der Waals surface area (Å²) in [5.41, 5.74) is 4.15. The first-order valence-corrected chi connectivity index (χ1v) is 9.13. The summed E-state index contributed by atoms with van der Waals surface area (Å²) in [4.78, 5) is 0. The number of thioether (sulfide) groups is 1. The van der Waals surface area contributed by atoms with Crippen LogP contribution < -0.4 is 9.47 Å². The minimum Gasteiger partial charge on any atom is -0.497 e. The third-order valence-electron chi connectivity index (χ3n) is 4.21. The molecule has 0 saturated heterocycles. The molecule has 1 aliphatic rings. The summed E-state index contributed by atoms with van der Waals surface area (Å²) >= 11 is 1.63. The highest BCUT2D eigenvalue weighted by atomic mass is 32.2. The molecule has 26 heavy (non-hydrogen) atoms. The van der Waals surface area contributed by atoms with E-state index in [1.165, 1.54) is 5.56 Å². The lowest BCUT2D eigenvalue weighted by molar-refractivity contribution is 0.395. The van der Waals surface area contributed by atoms with Crippen molar-refractivity contribution in [1.29, 1.82) is 0 Å². The van der Waals surface area contributed by atoms with Gasteiger partial charge >= 0.3 is 0 Å². The molecule has 0 saturated carbocycles. The molecule has 3 aromatic rings. The molecule has 0 amide bonds. The van der Waals surface area contributed by atoms with Crippen LogP contribution in [0.2, 0.25) is 0 Å². The van der Waals surface area contributed by atoms with E-state index in [0.717, 1.165) is 33.5 Å². The smallest absolute Gasteiger partial charge is 0.212 e. The van der Waals surface area contributed by atoms with Crippen molar-refractivity contribution < 1.29 is 9.47 Å². The lowest BCUT2D eigenvalue weighted by Gasteiger charge is -2.15. The van der Waals surface area contributed by atoms with Crippen molar-refractivity contribution in [1.82, 2.24) is 14.9 Å². The summed E-state index contributed by atoms with van der Waals surface area (Å²) in [6.45, 7) is 2.08. The zero-order valence-corrected chi connectivity index (χ0v) is 15.6. The number of benzene rings is 2. The Morgan fingerprint density at radius 1 is 1.00 bits per heavy atom. The van der Waals surface area contributed by atoms with Crippen molar-refractivity contribution in [2.45, 2.75) is 12.1 Å². The van der Waals surface area contributed by atoms with Gasteiger partial charge in [0.25, 0.3) is 0 Å². The molecule has 2 heterocycles. The topological polar surface area (TPSA) is 61.5 Å². The number of aryl methyl sites for hydroxylation is 1. The molecule has 7 heteroatoms. The molecule has 0 radical (unpaired) electrons. The van der Waals surface area contributed by atoms with Crippen LogP contribution in [0.4, 0.5) is 0 Å². The van der Waals surface area contributed by atoms with Gasteiger partial charge in [-0.1, -0.05) is 41.6 Å². The molecule has 2 aromatic carbocycles. The number of hydrogen-bond donors (Lipinski definition) is 0. The molecule has 0 aliphatic carbocycles. The highest BCUT2D eigenvalue weighted by molar-refractivity contribution is 7.99. The SMILES string of the molecule is COc1ccc(-c2nnc3n2N=C(c2ccc(C)cc2)CS3)c(OC)c1. The molecule has 1 aromatic heterocycles. The number of methoxy groups -OCH3 is 2. The van der Waals surface area contributed by atoms with Crippen LogP contribution in [0.25, 0.3) is 11.4 Å². The van der Waals surface area contributed by atoms with Crippen LogP contribution in [0.1, 0.15) is 11.1 Å². The quantitative estimate of drug-likeness (QED) is 0.706. The van der Waals surface area contributed by atoms with Gasteiger partial charge in [0.05, 0.1) is 25.5 Å². The van der Waals surface area contributed by atoms with Gasteiger partial charge in [0.2, 0.25) is 5.16 Å². The van der Waals surface area contributed by atoms with E-state index in [2.05, 4.69) is 41.4 Å². The maximum absolute atomic E-state index is 5.51. The summed E-state index contributed by atoms with van der Waals surface area (Å²) < 4.78 is 12.6. The van der Waals surface area contributed by atoms with Crippen molar-refractivity contribution in [3.8, 4) is 22.9 Å². The first kappa shape index (κ1) is 16.7. The van der Waals surface area contributed by atoms with Gasteiger partial charge in [-0.2, -0.15) is 9.78 Å². The molecular weight excluding hydrogens is 348 g/mol. The van der Waals surface area contributed by atoms with Gasteiger partial charge in [0.15, 0.2) is 5.82 Å². The second-order valence-corrected chi connectivity index (χ2v) is 6.83. The third-order valence-corrected chi connectivity index (χ3v) is 5.14. The van der Waals surface area contributed by atoms with Crippen molar-refractivity contribution in [3.05, 3.63) is 53.6 Å². The maximum Gasteiger partial charge on any atom is 0.212 e. The minimum absolute atomic E-state index is 0.649. The van der Waals surface area contributed by atoms with Crippen LogP contribution in [-0.4, -0.2) is 40.6 Å². The fourth-order valence-electron chi connectivity index (χ4n) is 2.77. The van der Waals surface area contributed by atoms with E-state index < -0.39 is 0 Å². The minimum atomic E-state index is 0.649. The third kappa shape index (κ3) is 2.94. The Labute approximate surface area is 155 Å². The molecule has 0 fully saturated rings. The summed E-state index contributed by atoms with van der Waals surface area (Å²) in [5.74, 6) is 2.81. The number of aromatic nitrogens is 3. The van der Waals surface area contributed by atoms with Crippen molar-refractivity contribution in [3.63, 3.8) is 0 Å². The Hall–Kier alpha value is -2.80. The monoisotopic (exact) mass is 366 g/mol. The molecule has 1 aliphatic heterocycles. The highest BCUT2D eigenvalue weighted by Gasteiger charge is 2.22. The van der Waals surface area contributed by atoms with Crippen LogP contribution in [0.15, 0.2) is 52.7 Å². The Kier molecular flexibility index (Phi) is 4.38. The maximum atomic E-state index is 5.51.